The molecule has 0 saturated heterocycles. The summed E-state index contributed by atoms with van der Waals surface area (Å²) in [5.74, 6) is 1.76. The van der Waals surface area contributed by atoms with Crippen molar-refractivity contribution >= 4 is 11.3 Å². The van der Waals surface area contributed by atoms with Gasteiger partial charge in [0.2, 0.25) is 0 Å². The van der Waals surface area contributed by atoms with Crippen LogP contribution in [0.5, 0.6) is 11.5 Å². The minimum atomic E-state index is 0.638. The topological polar surface area (TPSA) is 30.5 Å². The van der Waals surface area contributed by atoms with Crippen molar-refractivity contribution in [3.05, 3.63) is 46.2 Å². The number of hydrogen-bond donors (Lipinski definition) is 1. The number of thiophene rings is 1. The average Bonchev–Trinajstić information content (AvgIpc) is 2.97. The molecule has 0 fully saturated rings. The molecule has 0 aliphatic carbocycles. The molecule has 1 aliphatic rings. The number of benzene rings is 1. The highest BCUT2D eigenvalue weighted by Gasteiger charge is 2.14. The Labute approximate surface area is 117 Å². The molecule has 0 atom stereocenters. The van der Waals surface area contributed by atoms with Gasteiger partial charge in [-0.05, 0) is 41.4 Å². The zero-order valence-electron chi connectivity index (χ0n) is 10.7. The lowest BCUT2D eigenvalue weighted by atomic mass is 10.1. The van der Waals surface area contributed by atoms with Crippen molar-refractivity contribution in [1.82, 2.24) is 5.32 Å². The van der Waals surface area contributed by atoms with Crippen LogP contribution in [0.15, 0.2) is 35.0 Å². The van der Waals surface area contributed by atoms with Gasteiger partial charge in [-0.15, -0.1) is 0 Å². The van der Waals surface area contributed by atoms with Gasteiger partial charge in [0.15, 0.2) is 11.5 Å². The third kappa shape index (κ3) is 3.08. The van der Waals surface area contributed by atoms with Gasteiger partial charge in [-0.2, -0.15) is 11.3 Å². The third-order valence-electron chi connectivity index (χ3n) is 3.13. The average molecular weight is 275 g/mol. The van der Waals surface area contributed by atoms with Crippen LogP contribution < -0.4 is 14.8 Å². The van der Waals surface area contributed by atoms with Gasteiger partial charge >= 0.3 is 0 Å². The molecule has 0 spiro atoms. The van der Waals surface area contributed by atoms with E-state index in [9.17, 15) is 0 Å². The summed E-state index contributed by atoms with van der Waals surface area (Å²) in [7, 11) is 0. The van der Waals surface area contributed by atoms with Crippen LogP contribution in [0.25, 0.3) is 0 Å². The summed E-state index contributed by atoms with van der Waals surface area (Å²) in [6.07, 6.45) is 1.07. The van der Waals surface area contributed by atoms with E-state index in [0.29, 0.717) is 13.2 Å². The second-order valence-electron chi connectivity index (χ2n) is 4.50. The van der Waals surface area contributed by atoms with Crippen LogP contribution >= 0.6 is 11.3 Å². The zero-order chi connectivity index (χ0) is 12.9. The molecule has 1 aromatic carbocycles. The minimum absolute atomic E-state index is 0.638. The smallest absolute Gasteiger partial charge is 0.165 e. The molecule has 0 unspecified atom stereocenters. The van der Waals surface area contributed by atoms with E-state index < -0.39 is 0 Å². The van der Waals surface area contributed by atoms with E-state index in [1.165, 1.54) is 11.1 Å². The van der Waals surface area contributed by atoms with Crippen LogP contribution in [0.3, 0.4) is 0 Å². The SMILES string of the molecule is c1cc(CNCCc2ccsc2)c2c(c1)OCCO2. The van der Waals surface area contributed by atoms with Gasteiger partial charge in [-0.1, -0.05) is 12.1 Å². The van der Waals surface area contributed by atoms with Crippen molar-refractivity contribution in [2.75, 3.05) is 19.8 Å². The predicted molar refractivity (Wildman–Crippen MR) is 77.2 cm³/mol. The van der Waals surface area contributed by atoms with E-state index in [1.54, 1.807) is 11.3 Å². The van der Waals surface area contributed by atoms with Crippen LogP contribution in [-0.4, -0.2) is 19.8 Å². The molecule has 1 N–H and O–H groups in total. The van der Waals surface area contributed by atoms with Crippen molar-refractivity contribution in [2.24, 2.45) is 0 Å². The molecule has 3 rings (SSSR count). The quantitative estimate of drug-likeness (QED) is 0.851. The third-order valence-corrected chi connectivity index (χ3v) is 3.87. The first kappa shape index (κ1) is 12.5. The van der Waals surface area contributed by atoms with Gasteiger partial charge in [0.1, 0.15) is 13.2 Å². The van der Waals surface area contributed by atoms with Gasteiger partial charge in [0.05, 0.1) is 0 Å². The molecule has 3 nitrogen and oxygen atoms in total. The van der Waals surface area contributed by atoms with Crippen molar-refractivity contribution in [2.45, 2.75) is 13.0 Å². The highest BCUT2D eigenvalue weighted by Crippen LogP contribution is 2.33. The Bertz CT molecular complexity index is 525. The number of para-hydroxylation sites is 1. The lowest BCUT2D eigenvalue weighted by Gasteiger charge is -2.21. The van der Waals surface area contributed by atoms with E-state index in [4.69, 9.17) is 9.47 Å². The normalized spacial score (nSPS) is 13.5. The van der Waals surface area contributed by atoms with Gasteiger partial charge in [-0.25, -0.2) is 0 Å². The Hall–Kier alpha value is -1.52. The Morgan fingerprint density at radius 1 is 1.16 bits per heavy atom. The van der Waals surface area contributed by atoms with Crippen molar-refractivity contribution < 1.29 is 9.47 Å². The Morgan fingerprint density at radius 2 is 2.11 bits per heavy atom. The fourth-order valence-corrected chi connectivity index (χ4v) is 2.87. The standard InChI is InChI=1S/C15H17NO2S/c1-2-13(15-14(3-1)17-7-8-18-15)10-16-6-4-12-5-9-19-11-12/h1-3,5,9,11,16H,4,6-8,10H2. The zero-order valence-corrected chi connectivity index (χ0v) is 11.5. The predicted octanol–water partition coefficient (Wildman–Crippen LogP) is 2.85. The summed E-state index contributed by atoms with van der Waals surface area (Å²) in [6, 6.07) is 8.24. The maximum atomic E-state index is 5.69. The molecular weight excluding hydrogens is 258 g/mol. The molecule has 19 heavy (non-hydrogen) atoms. The van der Waals surface area contributed by atoms with Crippen LogP contribution in [0.1, 0.15) is 11.1 Å². The monoisotopic (exact) mass is 275 g/mol. The van der Waals surface area contributed by atoms with Crippen molar-refractivity contribution in [1.29, 1.82) is 0 Å². The number of hydrogen-bond acceptors (Lipinski definition) is 4. The molecule has 0 radical (unpaired) electrons. The van der Waals surface area contributed by atoms with E-state index >= 15 is 0 Å². The summed E-state index contributed by atoms with van der Waals surface area (Å²) < 4.78 is 11.3. The van der Waals surface area contributed by atoms with E-state index in [2.05, 4.69) is 28.2 Å². The summed E-state index contributed by atoms with van der Waals surface area (Å²) in [6.45, 7) is 3.07. The number of nitrogens with one attached hydrogen (secondary N) is 1. The summed E-state index contributed by atoms with van der Waals surface area (Å²) >= 11 is 1.75. The second-order valence-corrected chi connectivity index (χ2v) is 5.28. The summed E-state index contributed by atoms with van der Waals surface area (Å²) in [5.41, 5.74) is 2.56. The van der Waals surface area contributed by atoms with Gasteiger partial charge < -0.3 is 14.8 Å². The highest BCUT2D eigenvalue weighted by atomic mass is 32.1. The molecule has 0 bridgehead atoms. The molecule has 100 valence electrons. The lowest BCUT2D eigenvalue weighted by Crippen LogP contribution is -2.20. The first-order valence-corrected chi connectivity index (χ1v) is 7.47. The Balaban J connectivity index is 1.55. The molecule has 4 heteroatoms. The van der Waals surface area contributed by atoms with Crippen LogP contribution in [0.2, 0.25) is 0 Å². The number of fused-ring (bicyclic) bond motifs is 1. The molecule has 0 amide bonds. The van der Waals surface area contributed by atoms with E-state index in [-0.39, 0.29) is 0 Å². The molecule has 1 aromatic heterocycles. The molecule has 0 saturated carbocycles. The summed E-state index contributed by atoms with van der Waals surface area (Å²) in [4.78, 5) is 0. The lowest BCUT2D eigenvalue weighted by molar-refractivity contribution is 0.169. The number of ether oxygens (including phenoxy) is 2. The fraction of sp³-hybridized carbons (Fsp3) is 0.333. The second kappa shape index (κ2) is 6.08. The van der Waals surface area contributed by atoms with Crippen molar-refractivity contribution in [3.63, 3.8) is 0 Å². The van der Waals surface area contributed by atoms with Gasteiger partial charge in [0, 0.05) is 12.1 Å². The largest absolute Gasteiger partial charge is 0.486 e. The van der Waals surface area contributed by atoms with Crippen LogP contribution in [-0.2, 0) is 13.0 Å². The molecular formula is C15H17NO2S. The van der Waals surface area contributed by atoms with E-state index in [0.717, 1.165) is 31.0 Å². The Morgan fingerprint density at radius 3 is 3.00 bits per heavy atom. The minimum Gasteiger partial charge on any atom is -0.486 e. The fourth-order valence-electron chi connectivity index (χ4n) is 2.16. The first-order chi connectivity index (χ1) is 9.43. The maximum absolute atomic E-state index is 5.69. The Kier molecular flexibility index (Phi) is 4.01. The van der Waals surface area contributed by atoms with Gasteiger partial charge in [-0.3, -0.25) is 0 Å². The molecule has 1 aliphatic heterocycles. The van der Waals surface area contributed by atoms with Crippen molar-refractivity contribution in [3.8, 4) is 11.5 Å². The summed E-state index contributed by atoms with van der Waals surface area (Å²) in [5, 5.41) is 7.78. The highest BCUT2D eigenvalue weighted by molar-refractivity contribution is 7.07. The molecule has 2 aromatic rings. The number of rotatable bonds is 5. The first-order valence-electron chi connectivity index (χ1n) is 6.53. The molecule has 2 heterocycles. The maximum Gasteiger partial charge on any atom is 0.165 e. The van der Waals surface area contributed by atoms with E-state index in [1.807, 2.05) is 12.1 Å². The van der Waals surface area contributed by atoms with Crippen LogP contribution in [0, 0.1) is 0 Å². The van der Waals surface area contributed by atoms with Gasteiger partial charge in [0.25, 0.3) is 0 Å². The van der Waals surface area contributed by atoms with Crippen LogP contribution in [0.4, 0.5) is 0 Å².